The van der Waals surface area contributed by atoms with Crippen LogP contribution < -0.4 is 4.74 Å². The van der Waals surface area contributed by atoms with E-state index in [2.05, 4.69) is 5.10 Å². The van der Waals surface area contributed by atoms with Gasteiger partial charge < -0.3 is 4.74 Å². The normalized spacial score (nSPS) is 11.0. The molecule has 0 amide bonds. The molecule has 1 heterocycles. The number of carbonyl (C=O) groups is 1. The Kier molecular flexibility index (Phi) is 6.49. The van der Waals surface area contributed by atoms with E-state index in [9.17, 15) is 4.79 Å². The number of aryl methyl sites for hydroxylation is 3. The maximum absolute atomic E-state index is 13.4. The molecule has 8 heteroatoms. The summed E-state index contributed by atoms with van der Waals surface area (Å²) in [6.45, 7) is 5.52. The molecule has 1 aromatic heterocycles. The zero-order chi connectivity index (χ0) is 21.5. The van der Waals surface area contributed by atoms with E-state index in [0.29, 0.717) is 48.4 Å². The van der Waals surface area contributed by atoms with Crippen molar-refractivity contribution in [3.05, 3.63) is 77.9 Å². The summed E-state index contributed by atoms with van der Waals surface area (Å²) < 4.78 is 7.47. The number of halogens is 4. The molecule has 0 bridgehead atoms. The SMILES string of the molecule is Cc1cc(C(=O)c2c(C)nn(C)c2OCc2ccc(Cl)cc2Cl)c(Cl)c(C)c1Cl. The lowest BCUT2D eigenvalue weighted by Crippen LogP contribution is -2.09. The first kappa shape index (κ1) is 22.0. The van der Waals surface area contributed by atoms with Gasteiger partial charge in [0.15, 0.2) is 0 Å². The van der Waals surface area contributed by atoms with Crippen LogP contribution in [0.3, 0.4) is 0 Å². The van der Waals surface area contributed by atoms with Gasteiger partial charge in [-0.15, -0.1) is 0 Å². The molecule has 0 saturated heterocycles. The van der Waals surface area contributed by atoms with Crippen molar-refractivity contribution in [2.75, 3.05) is 0 Å². The summed E-state index contributed by atoms with van der Waals surface area (Å²) in [6.07, 6.45) is 0. The van der Waals surface area contributed by atoms with Crippen molar-refractivity contribution < 1.29 is 9.53 Å². The summed E-state index contributed by atoms with van der Waals surface area (Å²) in [7, 11) is 1.71. The molecule has 3 rings (SSSR count). The molecule has 0 aliphatic heterocycles. The summed E-state index contributed by atoms with van der Waals surface area (Å²) in [4.78, 5) is 13.4. The lowest BCUT2D eigenvalue weighted by atomic mass is 9.99. The molecule has 0 fully saturated rings. The maximum Gasteiger partial charge on any atom is 0.223 e. The lowest BCUT2D eigenvalue weighted by molar-refractivity contribution is 0.103. The quantitative estimate of drug-likeness (QED) is 0.385. The van der Waals surface area contributed by atoms with E-state index in [1.165, 1.54) is 4.68 Å². The zero-order valence-electron chi connectivity index (χ0n) is 16.2. The van der Waals surface area contributed by atoms with Crippen LogP contribution in [0, 0.1) is 20.8 Å². The van der Waals surface area contributed by atoms with E-state index < -0.39 is 0 Å². The van der Waals surface area contributed by atoms with Gasteiger partial charge in [-0.25, -0.2) is 4.68 Å². The molecule has 0 N–H and O–H groups in total. The van der Waals surface area contributed by atoms with E-state index in [1.54, 1.807) is 45.2 Å². The number of hydrogen-bond acceptors (Lipinski definition) is 3. The van der Waals surface area contributed by atoms with Gasteiger partial charge in [0.05, 0.1) is 10.7 Å². The Morgan fingerprint density at radius 2 is 1.76 bits per heavy atom. The van der Waals surface area contributed by atoms with Gasteiger partial charge in [-0.2, -0.15) is 5.10 Å². The van der Waals surface area contributed by atoms with Crippen molar-refractivity contribution in [2.45, 2.75) is 27.4 Å². The first-order valence-electron chi connectivity index (χ1n) is 8.72. The van der Waals surface area contributed by atoms with E-state index >= 15 is 0 Å². The molecule has 4 nitrogen and oxygen atoms in total. The number of benzene rings is 2. The highest BCUT2D eigenvalue weighted by atomic mass is 35.5. The molecular weight excluding hydrogens is 454 g/mol. The number of carbonyl (C=O) groups excluding carboxylic acids is 1. The van der Waals surface area contributed by atoms with Gasteiger partial charge in [0.2, 0.25) is 11.7 Å². The van der Waals surface area contributed by atoms with Gasteiger partial charge in [0.25, 0.3) is 0 Å². The summed E-state index contributed by atoms with van der Waals surface area (Å²) in [5, 5.41) is 6.23. The largest absolute Gasteiger partial charge is 0.472 e. The van der Waals surface area contributed by atoms with Crippen LogP contribution in [0.15, 0.2) is 24.3 Å². The summed E-state index contributed by atoms with van der Waals surface area (Å²) in [6, 6.07) is 6.83. The second-order valence-corrected chi connectivity index (χ2v) is 8.34. The Morgan fingerprint density at radius 1 is 1.07 bits per heavy atom. The topological polar surface area (TPSA) is 44.1 Å². The van der Waals surface area contributed by atoms with E-state index in [0.717, 1.165) is 11.1 Å². The Balaban J connectivity index is 2.00. The van der Waals surface area contributed by atoms with Gasteiger partial charge >= 0.3 is 0 Å². The lowest BCUT2D eigenvalue weighted by Gasteiger charge is -2.13. The Hall–Kier alpha value is -1.72. The smallest absolute Gasteiger partial charge is 0.223 e. The fraction of sp³-hybridized carbons (Fsp3) is 0.238. The Bertz CT molecular complexity index is 1120. The first-order chi connectivity index (χ1) is 13.6. The van der Waals surface area contributed by atoms with Gasteiger partial charge in [-0.05, 0) is 50.1 Å². The average molecular weight is 472 g/mol. The number of ether oxygens (including phenoxy) is 1. The minimum Gasteiger partial charge on any atom is -0.472 e. The summed E-state index contributed by atoms with van der Waals surface area (Å²) in [5.41, 5.74) is 3.42. The predicted molar refractivity (Wildman–Crippen MR) is 118 cm³/mol. The van der Waals surface area contributed by atoms with Crippen LogP contribution in [-0.4, -0.2) is 15.6 Å². The Morgan fingerprint density at radius 3 is 2.41 bits per heavy atom. The van der Waals surface area contributed by atoms with Crippen LogP contribution in [0.25, 0.3) is 0 Å². The summed E-state index contributed by atoms with van der Waals surface area (Å²) >= 11 is 24.9. The molecule has 3 aromatic rings. The average Bonchev–Trinajstić information content (AvgIpc) is 2.95. The fourth-order valence-electron chi connectivity index (χ4n) is 3.09. The number of nitrogens with zero attached hydrogens (tertiary/aromatic N) is 2. The van der Waals surface area contributed by atoms with Crippen LogP contribution in [0.5, 0.6) is 5.88 Å². The standard InChI is InChI=1S/C21H18Cl4N2O2/c1-10-7-15(19(25)11(2)18(10)24)20(28)17-12(3)26-27(4)21(17)29-9-13-5-6-14(22)8-16(13)23/h5-8H,9H2,1-4H3. The molecule has 0 unspecified atom stereocenters. The van der Waals surface area contributed by atoms with Gasteiger partial charge in [0.1, 0.15) is 12.2 Å². The number of hydrogen-bond donors (Lipinski definition) is 0. The second kappa shape index (κ2) is 8.57. The third-order valence-electron chi connectivity index (χ3n) is 4.62. The monoisotopic (exact) mass is 470 g/mol. The van der Waals surface area contributed by atoms with Crippen molar-refractivity contribution in [3.63, 3.8) is 0 Å². The van der Waals surface area contributed by atoms with Crippen molar-refractivity contribution in [1.29, 1.82) is 0 Å². The molecule has 2 aromatic carbocycles. The molecular formula is C21H18Cl4N2O2. The van der Waals surface area contributed by atoms with Crippen molar-refractivity contribution in [3.8, 4) is 5.88 Å². The fourth-order valence-corrected chi connectivity index (χ4v) is 3.98. The van der Waals surface area contributed by atoms with E-state index in [4.69, 9.17) is 51.1 Å². The molecule has 0 aliphatic rings. The van der Waals surface area contributed by atoms with E-state index in [1.807, 2.05) is 6.92 Å². The third kappa shape index (κ3) is 4.26. The minimum absolute atomic E-state index is 0.154. The molecule has 0 aliphatic carbocycles. The van der Waals surface area contributed by atoms with Crippen LogP contribution in [0.2, 0.25) is 20.1 Å². The van der Waals surface area contributed by atoms with Gasteiger partial charge in [-0.3, -0.25) is 4.79 Å². The highest BCUT2D eigenvalue weighted by Crippen LogP contribution is 2.34. The van der Waals surface area contributed by atoms with Gasteiger partial charge in [-0.1, -0.05) is 52.5 Å². The highest BCUT2D eigenvalue weighted by molar-refractivity contribution is 6.39. The summed E-state index contributed by atoms with van der Waals surface area (Å²) in [5.74, 6) is 0.0560. The third-order valence-corrected chi connectivity index (χ3v) is 6.28. The highest BCUT2D eigenvalue weighted by Gasteiger charge is 2.26. The number of ketones is 1. The zero-order valence-corrected chi connectivity index (χ0v) is 19.3. The molecule has 0 saturated carbocycles. The minimum atomic E-state index is -0.277. The molecule has 152 valence electrons. The maximum atomic E-state index is 13.4. The van der Waals surface area contributed by atoms with E-state index in [-0.39, 0.29) is 12.4 Å². The number of rotatable bonds is 5. The first-order valence-corrected chi connectivity index (χ1v) is 10.2. The second-order valence-electron chi connectivity index (χ2n) is 6.74. The predicted octanol–water partition coefficient (Wildman–Crippen LogP) is 6.77. The Labute approximate surface area is 189 Å². The van der Waals surface area contributed by atoms with Crippen LogP contribution in [0.4, 0.5) is 0 Å². The number of aromatic nitrogens is 2. The van der Waals surface area contributed by atoms with Crippen LogP contribution >= 0.6 is 46.4 Å². The molecule has 0 atom stereocenters. The van der Waals surface area contributed by atoms with Crippen molar-refractivity contribution in [2.24, 2.45) is 7.05 Å². The molecule has 29 heavy (non-hydrogen) atoms. The van der Waals surface area contributed by atoms with Gasteiger partial charge in [0, 0.05) is 33.2 Å². The van der Waals surface area contributed by atoms with Crippen LogP contribution in [-0.2, 0) is 13.7 Å². The van der Waals surface area contributed by atoms with Crippen molar-refractivity contribution >= 4 is 52.2 Å². The molecule has 0 radical (unpaired) electrons. The van der Waals surface area contributed by atoms with Crippen molar-refractivity contribution in [1.82, 2.24) is 9.78 Å². The molecule has 0 spiro atoms. The van der Waals surface area contributed by atoms with Crippen LogP contribution in [0.1, 0.15) is 38.3 Å².